The normalized spacial score (nSPS) is 15.3. The molecule has 2 aromatic heterocycles. The number of piperazine rings is 1. The third-order valence-corrected chi connectivity index (χ3v) is 14.6. The fourth-order valence-electron chi connectivity index (χ4n) is 5.92. The quantitative estimate of drug-likeness (QED) is 0.222. The number of rotatable bonds is 6. The predicted octanol–water partition coefficient (Wildman–Crippen LogP) is 7.29. The van der Waals surface area contributed by atoms with Gasteiger partial charge in [0.1, 0.15) is 25.2 Å². The summed E-state index contributed by atoms with van der Waals surface area (Å²) in [4.78, 5) is 14.3. The molecule has 0 aliphatic carbocycles. The van der Waals surface area contributed by atoms with E-state index in [0.717, 1.165) is 32.0 Å². The van der Waals surface area contributed by atoms with Crippen molar-refractivity contribution in [2.45, 2.75) is 64.5 Å². The average Bonchev–Trinajstić information content (AvgIpc) is 3.22. The first-order chi connectivity index (χ1) is 18.7. The summed E-state index contributed by atoms with van der Waals surface area (Å²) in [6.45, 7) is 17.0. The van der Waals surface area contributed by atoms with E-state index in [1.54, 1.807) is 4.57 Å². The van der Waals surface area contributed by atoms with Crippen LogP contribution in [0.1, 0.15) is 47.4 Å². The molecule has 6 nitrogen and oxygen atoms in total. The lowest BCUT2D eigenvalue weighted by molar-refractivity contribution is -0.274. The highest BCUT2D eigenvalue weighted by molar-refractivity contribution is 6.90. The molecule has 0 radical (unpaired) electrons. The summed E-state index contributed by atoms with van der Waals surface area (Å²) in [5.41, 5.74) is 6.73. The van der Waals surface area contributed by atoms with Crippen molar-refractivity contribution in [3.8, 4) is 22.9 Å². The molecule has 0 N–H and O–H groups in total. The van der Waals surface area contributed by atoms with E-state index < -0.39 is 20.2 Å². The largest absolute Gasteiger partial charge is 0.573 e. The van der Waals surface area contributed by atoms with Crippen LogP contribution in [-0.2, 0) is 0 Å². The van der Waals surface area contributed by atoms with Crippen LogP contribution in [-0.4, -0.2) is 67.1 Å². The number of imidazole rings is 1. The first-order valence-corrected chi connectivity index (χ1v) is 16.3. The van der Waals surface area contributed by atoms with Crippen molar-refractivity contribution in [3.63, 3.8) is 0 Å². The van der Waals surface area contributed by atoms with Gasteiger partial charge in [0.15, 0.2) is 11.5 Å². The van der Waals surface area contributed by atoms with Gasteiger partial charge in [-0.1, -0.05) is 53.1 Å². The molecule has 4 rings (SSSR count). The summed E-state index contributed by atoms with van der Waals surface area (Å²) in [5, 5.41) is -0.166. The highest BCUT2D eigenvalue weighted by Crippen LogP contribution is 2.41. The molecule has 11 heteroatoms. The first kappa shape index (κ1) is 30.2. The Labute approximate surface area is 240 Å². The van der Waals surface area contributed by atoms with Crippen LogP contribution in [0.3, 0.4) is 0 Å². The molecule has 1 fully saturated rings. The highest BCUT2D eigenvalue weighted by Gasteiger charge is 2.42. The maximum atomic E-state index is 12.9. The molecule has 3 aromatic rings. The summed E-state index contributed by atoms with van der Waals surface area (Å²) in [5.74, 6) is 4.25. The van der Waals surface area contributed by atoms with Crippen molar-refractivity contribution < 1.29 is 17.9 Å². The van der Waals surface area contributed by atoms with E-state index in [-0.39, 0.29) is 5.02 Å². The molecule has 0 saturated carbocycles. The monoisotopic (exact) mass is 591 g/mol. The Morgan fingerprint density at radius 2 is 1.55 bits per heavy atom. The molecule has 0 atom stereocenters. The van der Waals surface area contributed by atoms with Crippen molar-refractivity contribution in [1.82, 2.24) is 19.4 Å². The minimum absolute atomic E-state index is 0.166. The predicted molar refractivity (Wildman–Crippen MR) is 158 cm³/mol. The molecule has 40 heavy (non-hydrogen) atoms. The second kappa shape index (κ2) is 11.6. The van der Waals surface area contributed by atoms with Crippen molar-refractivity contribution in [1.29, 1.82) is 0 Å². The Balaban J connectivity index is 1.91. The number of alkyl halides is 3. The topological polar surface area (TPSA) is 46.4 Å². The molecule has 1 aliphatic rings. The molecule has 0 unspecified atom stereocenters. The van der Waals surface area contributed by atoms with Gasteiger partial charge in [0.2, 0.25) is 0 Å². The van der Waals surface area contributed by atoms with Gasteiger partial charge in [-0.2, -0.15) is 0 Å². The van der Waals surface area contributed by atoms with E-state index in [1.165, 1.54) is 18.2 Å². The lowest BCUT2D eigenvalue weighted by atomic mass is 10.3. The van der Waals surface area contributed by atoms with Crippen LogP contribution in [0.2, 0.25) is 21.6 Å². The van der Waals surface area contributed by atoms with Crippen molar-refractivity contribution >= 4 is 36.7 Å². The molecule has 3 heterocycles. The van der Waals surface area contributed by atoms with Gasteiger partial charge in [-0.05, 0) is 59.9 Å². The molecule has 0 amide bonds. The number of anilines is 1. The van der Waals surface area contributed by atoms with Gasteiger partial charge in [-0.25, -0.2) is 9.97 Å². The van der Waals surface area contributed by atoms with Crippen molar-refractivity contribution in [2.75, 3.05) is 38.1 Å². The van der Waals surface area contributed by atoms with E-state index in [9.17, 15) is 13.2 Å². The third-order valence-electron chi connectivity index (χ3n) is 7.97. The van der Waals surface area contributed by atoms with Gasteiger partial charge in [-0.3, -0.25) is 4.57 Å². The summed E-state index contributed by atoms with van der Waals surface area (Å²) < 4.78 is 44.6. The highest BCUT2D eigenvalue weighted by atomic mass is 35.5. The van der Waals surface area contributed by atoms with Crippen LogP contribution >= 0.6 is 11.6 Å². The molecule has 0 bridgehead atoms. The molecule has 1 saturated heterocycles. The summed E-state index contributed by atoms with van der Waals surface area (Å²) in [7, 11) is 0.00308. The average molecular weight is 592 g/mol. The second-order valence-electron chi connectivity index (χ2n) is 11.4. The van der Waals surface area contributed by atoms with Crippen LogP contribution < -0.4 is 9.64 Å². The standard InChI is InChI=1S/C29H37ClF3N5OSi/c1-19(2)40(20(3)4,21(5)6)17-12-27-34-24-9-11-26(37-15-13-36(7)14-16-37)35-28(24)38(27)22-8-10-25(23(30)18-22)39-29(31,32)33/h8-11,18-21H,13-16H2,1-7H3. The van der Waals surface area contributed by atoms with Crippen LogP contribution in [0.15, 0.2) is 30.3 Å². The number of likely N-dealkylation sites (N-methyl/N-ethyl adjacent to an activating group) is 1. The van der Waals surface area contributed by atoms with Gasteiger partial charge in [0, 0.05) is 26.2 Å². The molecule has 1 aromatic carbocycles. The van der Waals surface area contributed by atoms with Crippen LogP contribution in [0.25, 0.3) is 16.9 Å². The minimum atomic E-state index is -4.85. The van der Waals surface area contributed by atoms with Crippen LogP contribution in [0.5, 0.6) is 5.75 Å². The number of hydrogen-bond acceptors (Lipinski definition) is 5. The number of fused-ring (bicyclic) bond motifs is 1. The molecule has 216 valence electrons. The van der Waals surface area contributed by atoms with Crippen molar-refractivity contribution in [3.05, 3.63) is 41.2 Å². The fraction of sp³-hybridized carbons (Fsp3) is 0.517. The molecular weight excluding hydrogens is 555 g/mol. The van der Waals surface area contributed by atoms with E-state index in [2.05, 4.69) is 74.6 Å². The number of hydrogen-bond donors (Lipinski definition) is 0. The smallest absolute Gasteiger partial charge is 0.404 e. The summed E-state index contributed by atoms with van der Waals surface area (Å²) >= 11 is 6.28. The van der Waals surface area contributed by atoms with Crippen molar-refractivity contribution in [2.24, 2.45) is 0 Å². The van der Waals surface area contributed by atoms with E-state index in [1.807, 2.05) is 12.1 Å². The van der Waals surface area contributed by atoms with Gasteiger partial charge >= 0.3 is 6.36 Å². The SMILES string of the molecule is CC(C)[Si](C#Cc1nc2ccc(N3CCN(C)CC3)nc2n1-c1ccc(OC(F)(F)F)c(Cl)c1)(C(C)C)C(C)C. The van der Waals surface area contributed by atoms with Gasteiger partial charge in [-0.15, -0.1) is 18.7 Å². The minimum Gasteiger partial charge on any atom is -0.404 e. The fourth-order valence-corrected chi connectivity index (χ4v) is 11.3. The summed E-state index contributed by atoms with van der Waals surface area (Å²) in [6, 6.07) is 8.08. The Morgan fingerprint density at radius 3 is 2.10 bits per heavy atom. The maximum Gasteiger partial charge on any atom is 0.573 e. The zero-order valence-corrected chi connectivity index (χ0v) is 25.9. The number of halogens is 4. The Bertz CT molecular complexity index is 1400. The zero-order chi connectivity index (χ0) is 29.4. The Morgan fingerprint density at radius 1 is 0.925 bits per heavy atom. The second-order valence-corrected chi connectivity index (χ2v) is 17.4. The van der Waals surface area contributed by atoms with Gasteiger partial charge in [0.25, 0.3) is 0 Å². The van der Waals surface area contributed by atoms with Gasteiger partial charge in [0.05, 0.1) is 10.7 Å². The molecule has 0 spiro atoms. The van der Waals surface area contributed by atoms with Crippen LogP contribution in [0, 0.1) is 11.5 Å². The van der Waals surface area contributed by atoms with E-state index in [0.29, 0.717) is 39.3 Å². The third kappa shape index (κ3) is 6.11. The van der Waals surface area contributed by atoms with E-state index >= 15 is 0 Å². The lowest BCUT2D eigenvalue weighted by Gasteiger charge is -2.38. The zero-order valence-electron chi connectivity index (χ0n) is 24.1. The van der Waals surface area contributed by atoms with E-state index in [4.69, 9.17) is 21.6 Å². The summed E-state index contributed by atoms with van der Waals surface area (Å²) in [6.07, 6.45) is -4.85. The first-order valence-electron chi connectivity index (χ1n) is 13.6. The molecular formula is C29H37ClF3N5OSi. The number of nitrogens with zero attached hydrogens (tertiary/aromatic N) is 5. The number of pyridine rings is 1. The Hall–Kier alpha value is -2.74. The number of aromatic nitrogens is 3. The lowest BCUT2D eigenvalue weighted by Crippen LogP contribution is -2.44. The maximum absolute atomic E-state index is 12.9. The number of ether oxygens (including phenoxy) is 1. The van der Waals surface area contributed by atoms with Crippen LogP contribution in [0.4, 0.5) is 19.0 Å². The van der Waals surface area contributed by atoms with Gasteiger partial charge < -0.3 is 14.5 Å². The molecule has 1 aliphatic heterocycles. The number of benzene rings is 1. The Kier molecular flexibility index (Phi) is 8.79.